The molecule has 3 nitrogen and oxygen atoms in total. The van der Waals surface area contributed by atoms with Gasteiger partial charge in [0.25, 0.3) is 0 Å². The molecule has 0 spiro atoms. The highest BCUT2D eigenvalue weighted by Crippen LogP contribution is 2.29. The number of piperidine rings is 1. The topological polar surface area (TPSA) is 46.3 Å². The van der Waals surface area contributed by atoms with Crippen LogP contribution in [0.2, 0.25) is 0 Å². The van der Waals surface area contributed by atoms with Crippen LogP contribution in [-0.4, -0.2) is 30.4 Å². The molecule has 0 unspecified atom stereocenters. The predicted molar refractivity (Wildman–Crippen MR) is 104 cm³/mol. The number of nitrogens with two attached hydrogens (primary N) is 1. The van der Waals surface area contributed by atoms with Gasteiger partial charge in [-0.05, 0) is 75.0 Å². The Morgan fingerprint density at radius 1 is 1.08 bits per heavy atom. The molecular weight excluding hydrogens is 308 g/mol. The lowest BCUT2D eigenvalue weighted by atomic mass is 9.85. The number of amides is 1. The smallest absolute Gasteiger partial charge is 0.222 e. The molecule has 0 atom stereocenters. The molecule has 1 heterocycles. The highest BCUT2D eigenvalue weighted by molar-refractivity contribution is 5.76. The summed E-state index contributed by atoms with van der Waals surface area (Å²) >= 11 is 0. The summed E-state index contributed by atoms with van der Waals surface area (Å²) in [5.74, 6) is 1.04. The van der Waals surface area contributed by atoms with Crippen molar-refractivity contribution in [3.05, 3.63) is 41.0 Å². The van der Waals surface area contributed by atoms with Gasteiger partial charge in [-0.1, -0.05) is 35.9 Å². The minimum Gasteiger partial charge on any atom is -0.343 e. The molecule has 1 aromatic carbocycles. The van der Waals surface area contributed by atoms with E-state index in [0.29, 0.717) is 12.3 Å². The van der Waals surface area contributed by atoms with E-state index in [9.17, 15) is 4.79 Å². The summed E-state index contributed by atoms with van der Waals surface area (Å²) in [7, 11) is 0. The van der Waals surface area contributed by atoms with Crippen molar-refractivity contribution in [3.63, 3.8) is 0 Å². The Labute approximate surface area is 152 Å². The Hall–Kier alpha value is -1.61. The van der Waals surface area contributed by atoms with E-state index in [1.54, 1.807) is 5.57 Å². The summed E-state index contributed by atoms with van der Waals surface area (Å²) in [6, 6.07) is 8.76. The van der Waals surface area contributed by atoms with Gasteiger partial charge in [-0.15, -0.1) is 0 Å². The van der Waals surface area contributed by atoms with E-state index in [4.69, 9.17) is 5.73 Å². The van der Waals surface area contributed by atoms with E-state index < -0.39 is 0 Å². The van der Waals surface area contributed by atoms with Crippen LogP contribution in [0.1, 0.15) is 62.5 Å². The van der Waals surface area contributed by atoms with Crippen molar-refractivity contribution in [2.75, 3.05) is 19.6 Å². The summed E-state index contributed by atoms with van der Waals surface area (Å²) in [5.41, 5.74) is 9.87. The van der Waals surface area contributed by atoms with Crippen molar-refractivity contribution in [1.29, 1.82) is 0 Å². The number of benzene rings is 1. The van der Waals surface area contributed by atoms with Crippen LogP contribution in [0.25, 0.3) is 6.08 Å². The molecule has 1 aliphatic heterocycles. The lowest BCUT2D eigenvalue weighted by Crippen LogP contribution is -2.35. The maximum absolute atomic E-state index is 12.3. The van der Waals surface area contributed by atoms with Crippen molar-refractivity contribution in [1.82, 2.24) is 4.90 Å². The minimum absolute atomic E-state index is 0.322. The van der Waals surface area contributed by atoms with Gasteiger partial charge in [0, 0.05) is 19.5 Å². The molecule has 1 saturated carbocycles. The Morgan fingerprint density at radius 3 is 2.40 bits per heavy atom. The number of nitrogens with zero attached hydrogens (tertiary/aromatic N) is 1. The number of likely N-dealkylation sites (tertiary alicyclic amines) is 1. The highest BCUT2D eigenvalue weighted by Gasteiger charge is 2.16. The molecule has 1 aromatic rings. The van der Waals surface area contributed by atoms with E-state index >= 15 is 0 Å². The summed E-state index contributed by atoms with van der Waals surface area (Å²) in [6.07, 6.45) is 12.3. The van der Waals surface area contributed by atoms with E-state index in [0.717, 1.165) is 32.0 Å². The third kappa shape index (κ3) is 5.43. The molecule has 0 aromatic heterocycles. The van der Waals surface area contributed by atoms with Crippen molar-refractivity contribution in [2.45, 2.75) is 57.8 Å². The quantitative estimate of drug-likeness (QED) is 0.874. The Kier molecular flexibility index (Phi) is 6.69. The molecule has 1 aliphatic carbocycles. The standard InChI is InChI=1S/C22H32N2O/c23-17-21-10-8-20(9-11-21)16-19-6-4-18(5-7-19)12-13-22(25)24-14-2-1-3-15-24/h4-7,16,21H,1-3,8-15,17,23H2. The number of carbonyl (C=O) groups is 1. The van der Waals surface area contributed by atoms with Crippen molar-refractivity contribution >= 4 is 12.0 Å². The van der Waals surface area contributed by atoms with Crippen LogP contribution in [-0.2, 0) is 11.2 Å². The summed E-state index contributed by atoms with van der Waals surface area (Å²) in [4.78, 5) is 14.3. The summed E-state index contributed by atoms with van der Waals surface area (Å²) < 4.78 is 0. The van der Waals surface area contributed by atoms with Gasteiger partial charge in [-0.2, -0.15) is 0 Å². The fourth-order valence-corrected chi connectivity index (χ4v) is 4.00. The van der Waals surface area contributed by atoms with E-state index in [-0.39, 0.29) is 0 Å². The molecule has 3 heteroatoms. The summed E-state index contributed by atoms with van der Waals surface area (Å²) in [6.45, 7) is 2.74. The Morgan fingerprint density at radius 2 is 1.76 bits per heavy atom. The first kappa shape index (κ1) is 18.2. The molecule has 1 saturated heterocycles. The third-order valence-corrected chi connectivity index (χ3v) is 5.77. The van der Waals surface area contributed by atoms with Crippen LogP contribution >= 0.6 is 0 Å². The SMILES string of the molecule is NCC1CCC(=Cc2ccc(CCC(=O)N3CCCCC3)cc2)CC1. The van der Waals surface area contributed by atoms with E-state index in [1.165, 1.54) is 56.1 Å². The maximum atomic E-state index is 12.3. The van der Waals surface area contributed by atoms with E-state index in [2.05, 4.69) is 30.3 Å². The van der Waals surface area contributed by atoms with Gasteiger partial charge in [0.1, 0.15) is 0 Å². The zero-order valence-corrected chi connectivity index (χ0v) is 15.4. The number of hydrogen-bond donors (Lipinski definition) is 1. The molecule has 2 fully saturated rings. The fraction of sp³-hybridized carbons (Fsp3) is 0.591. The molecule has 136 valence electrons. The predicted octanol–water partition coefficient (Wildman–Crippen LogP) is 4.16. The van der Waals surface area contributed by atoms with Gasteiger partial charge in [0.2, 0.25) is 5.91 Å². The zero-order valence-electron chi connectivity index (χ0n) is 15.4. The van der Waals surface area contributed by atoms with Crippen LogP contribution in [0.4, 0.5) is 0 Å². The second kappa shape index (κ2) is 9.19. The largest absolute Gasteiger partial charge is 0.343 e. The normalized spacial score (nSPS) is 21.2. The van der Waals surface area contributed by atoms with Gasteiger partial charge in [0.15, 0.2) is 0 Å². The first-order valence-electron chi connectivity index (χ1n) is 10.0. The van der Waals surface area contributed by atoms with Gasteiger partial charge in [-0.25, -0.2) is 0 Å². The molecule has 1 amide bonds. The lowest BCUT2D eigenvalue weighted by molar-refractivity contribution is -0.132. The second-order valence-electron chi connectivity index (χ2n) is 7.66. The van der Waals surface area contributed by atoms with Crippen molar-refractivity contribution in [3.8, 4) is 0 Å². The minimum atomic E-state index is 0.322. The molecule has 2 N–H and O–H groups in total. The van der Waals surface area contributed by atoms with E-state index in [1.807, 2.05) is 4.90 Å². The van der Waals surface area contributed by atoms with Crippen LogP contribution < -0.4 is 5.73 Å². The van der Waals surface area contributed by atoms with Gasteiger partial charge < -0.3 is 10.6 Å². The molecular formula is C22H32N2O. The monoisotopic (exact) mass is 340 g/mol. The Bertz CT molecular complexity index is 575. The van der Waals surface area contributed by atoms with Crippen molar-refractivity contribution < 1.29 is 4.79 Å². The van der Waals surface area contributed by atoms with Gasteiger partial charge in [-0.3, -0.25) is 4.79 Å². The van der Waals surface area contributed by atoms with Crippen LogP contribution in [0.3, 0.4) is 0 Å². The number of hydrogen-bond acceptors (Lipinski definition) is 2. The molecule has 0 radical (unpaired) electrons. The number of rotatable bonds is 5. The first-order valence-corrected chi connectivity index (χ1v) is 10.0. The van der Waals surface area contributed by atoms with Crippen LogP contribution in [0, 0.1) is 5.92 Å². The molecule has 2 aliphatic rings. The molecule has 0 bridgehead atoms. The average Bonchev–Trinajstić information content (AvgIpc) is 2.68. The number of allylic oxidation sites excluding steroid dienone is 1. The Balaban J connectivity index is 1.48. The first-order chi connectivity index (χ1) is 12.2. The maximum Gasteiger partial charge on any atom is 0.222 e. The number of carbonyl (C=O) groups excluding carboxylic acids is 1. The summed E-state index contributed by atoms with van der Waals surface area (Å²) in [5, 5.41) is 0. The van der Waals surface area contributed by atoms with Crippen LogP contribution in [0.15, 0.2) is 29.8 Å². The lowest BCUT2D eigenvalue weighted by Gasteiger charge is -2.26. The third-order valence-electron chi connectivity index (χ3n) is 5.77. The van der Waals surface area contributed by atoms with Gasteiger partial charge in [0.05, 0.1) is 0 Å². The molecule has 3 rings (SSSR count). The van der Waals surface area contributed by atoms with Crippen LogP contribution in [0.5, 0.6) is 0 Å². The van der Waals surface area contributed by atoms with Crippen molar-refractivity contribution in [2.24, 2.45) is 11.7 Å². The second-order valence-corrected chi connectivity index (χ2v) is 7.66. The number of aryl methyl sites for hydroxylation is 1. The molecule has 25 heavy (non-hydrogen) atoms. The highest BCUT2D eigenvalue weighted by atomic mass is 16.2. The zero-order chi connectivity index (χ0) is 17.5. The van der Waals surface area contributed by atoms with Gasteiger partial charge >= 0.3 is 0 Å². The fourth-order valence-electron chi connectivity index (χ4n) is 4.00. The average molecular weight is 341 g/mol.